The van der Waals surface area contributed by atoms with Gasteiger partial charge in [0.2, 0.25) is 0 Å². The fraction of sp³-hybridized carbons (Fsp3) is 0.0667. The first-order chi connectivity index (χ1) is 10.5. The van der Waals surface area contributed by atoms with E-state index in [9.17, 15) is 18.4 Å². The molecule has 0 bridgehead atoms. The minimum absolute atomic E-state index is 0.0564. The molecule has 1 aromatic heterocycles. The lowest BCUT2D eigenvalue weighted by atomic mass is 10.2. The number of rotatable bonds is 3. The van der Waals surface area contributed by atoms with Crippen molar-refractivity contribution in [2.45, 2.75) is 0 Å². The standard InChI is InChI=1S/C15H10F2N2O2S/c1-19-14(20)12(11-3-2-6-22-11)13(15(19)21)18-8-4-5-9(16)10(17)7-8/h2-7,18H,1H3. The summed E-state index contributed by atoms with van der Waals surface area (Å²) in [6.07, 6.45) is 0. The van der Waals surface area contributed by atoms with Crippen molar-refractivity contribution in [1.82, 2.24) is 4.90 Å². The third-order valence-corrected chi connectivity index (χ3v) is 4.13. The third-order valence-electron chi connectivity index (χ3n) is 3.24. The van der Waals surface area contributed by atoms with Gasteiger partial charge in [-0.1, -0.05) is 6.07 Å². The molecule has 0 spiro atoms. The van der Waals surface area contributed by atoms with E-state index in [0.29, 0.717) is 4.88 Å². The maximum absolute atomic E-state index is 13.3. The topological polar surface area (TPSA) is 49.4 Å². The van der Waals surface area contributed by atoms with Gasteiger partial charge in [-0.15, -0.1) is 11.3 Å². The van der Waals surface area contributed by atoms with Gasteiger partial charge in [-0.05, 0) is 23.6 Å². The summed E-state index contributed by atoms with van der Waals surface area (Å²) in [5.41, 5.74) is 0.479. The number of imide groups is 1. The molecule has 0 radical (unpaired) electrons. The largest absolute Gasteiger partial charge is 0.350 e. The van der Waals surface area contributed by atoms with Gasteiger partial charge in [0.05, 0.1) is 5.57 Å². The smallest absolute Gasteiger partial charge is 0.277 e. The van der Waals surface area contributed by atoms with Crippen LogP contribution in [0.3, 0.4) is 0 Å². The van der Waals surface area contributed by atoms with Crippen LogP contribution in [0, 0.1) is 11.6 Å². The van der Waals surface area contributed by atoms with E-state index in [1.807, 2.05) is 0 Å². The molecule has 2 heterocycles. The van der Waals surface area contributed by atoms with Crippen LogP contribution in [0.5, 0.6) is 0 Å². The predicted octanol–water partition coefficient (Wildman–Crippen LogP) is 2.85. The molecule has 1 N–H and O–H groups in total. The van der Waals surface area contributed by atoms with Crippen molar-refractivity contribution in [2.75, 3.05) is 12.4 Å². The molecule has 0 saturated carbocycles. The fourth-order valence-electron chi connectivity index (χ4n) is 2.13. The fourth-order valence-corrected chi connectivity index (χ4v) is 2.89. The van der Waals surface area contributed by atoms with Crippen LogP contribution in [0.2, 0.25) is 0 Å². The van der Waals surface area contributed by atoms with Crippen LogP contribution in [0.15, 0.2) is 41.4 Å². The second-order valence-corrected chi connectivity index (χ2v) is 5.60. The molecule has 22 heavy (non-hydrogen) atoms. The van der Waals surface area contributed by atoms with Crippen molar-refractivity contribution in [3.8, 4) is 0 Å². The van der Waals surface area contributed by atoms with Crippen LogP contribution in [0.1, 0.15) is 4.88 Å². The number of carbonyl (C=O) groups excluding carboxylic acids is 2. The first-order valence-electron chi connectivity index (χ1n) is 6.31. The predicted molar refractivity (Wildman–Crippen MR) is 79.0 cm³/mol. The highest BCUT2D eigenvalue weighted by Crippen LogP contribution is 2.32. The van der Waals surface area contributed by atoms with E-state index in [2.05, 4.69) is 5.32 Å². The van der Waals surface area contributed by atoms with Crippen LogP contribution in [0.25, 0.3) is 5.57 Å². The van der Waals surface area contributed by atoms with Crippen molar-refractivity contribution >= 4 is 34.4 Å². The first-order valence-corrected chi connectivity index (χ1v) is 7.19. The zero-order valence-corrected chi connectivity index (χ0v) is 12.2. The van der Waals surface area contributed by atoms with Crippen LogP contribution in [-0.2, 0) is 9.59 Å². The molecular weight excluding hydrogens is 310 g/mol. The van der Waals surface area contributed by atoms with Gasteiger partial charge in [0.25, 0.3) is 11.8 Å². The van der Waals surface area contributed by atoms with Crippen molar-refractivity contribution in [3.05, 3.63) is 57.9 Å². The summed E-state index contributed by atoms with van der Waals surface area (Å²) in [5, 5.41) is 4.51. The zero-order valence-electron chi connectivity index (χ0n) is 11.4. The maximum Gasteiger partial charge on any atom is 0.277 e. The van der Waals surface area contributed by atoms with Crippen molar-refractivity contribution in [3.63, 3.8) is 0 Å². The monoisotopic (exact) mass is 320 g/mol. The molecule has 1 aliphatic rings. The minimum atomic E-state index is -1.03. The number of nitrogens with one attached hydrogen (secondary N) is 1. The van der Waals surface area contributed by atoms with Gasteiger partial charge in [-0.3, -0.25) is 14.5 Å². The molecule has 2 amide bonds. The van der Waals surface area contributed by atoms with Gasteiger partial charge in [0.1, 0.15) is 5.70 Å². The number of anilines is 1. The van der Waals surface area contributed by atoms with E-state index in [0.717, 1.165) is 17.0 Å². The summed E-state index contributed by atoms with van der Waals surface area (Å²) < 4.78 is 26.3. The van der Waals surface area contributed by atoms with Crippen LogP contribution in [0.4, 0.5) is 14.5 Å². The summed E-state index contributed by atoms with van der Waals surface area (Å²) >= 11 is 1.32. The highest BCUT2D eigenvalue weighted by Gasteiger charge is 2.37. The Kier molecular flexibility index (Phi) is 3.50. The van der Waals surface area contributed by atoms with Crippen molar-refractivity contribution in [1.29, 1.82) is 0 Å². The Bertz CT molecular complexity index is 800. The number of likely N-dealkylation sites (N-methyl/N-ethyl adjacent to an activating group) is 1. The molecule has 4 nitrogen and oxygen atoms in total. The number of nitrogens with zero attached hydrogens (tertiary/aromatic N) is 1. The third kappa shape index (κ3) is 2.29. The van der Waals surface area contributed by atoms with E-state index in [4.69, 9.17) is 0 Å². The minimum Gasteiger partial charge on any atom is -0.350 e. The van der Waals surface area contributed by atoms with E-state index in [1.165, 1.54) is 24.5 Å². The summed E-state index contributed by atoms with van der Waals surface area (Å²) in [4.78, 5) is 26.0. The Morgan fingerprint density at radius 2 is 1.86 bits per heavy atom. The lowest BCUT2D eigenvalue weighted by Gasteiger charge is -2.09. The first kappa shape index (κ1) is 14.4. The van der Waals surface area contributed by atoms with Gasteiger partial charge in [0.15, 0.2) is 11.6 Å². The molecule has 0 saturated heterocycles. The molecule has 112 valence electrons. The number of hydrogen-bond donors (Lipinski definition) is 1. The SMILES string of the molecule is CN1C(=O)C(Nc2ccc(F)c(F)c2)=C(c2cccs2)C1=O. The molecule has 0 fully saturated rings. The van der Waals surface area contributed by atoms with Gasteiger partial charge < -0.3 is 5.32 Å². The second kappa shape index (κ2) is 5.34. The summed E-state index contributed by atoms with van der Waals surface area (Å²) in [6.45, 7) is 0. The number of benzene rings is 1. The number of amides is 2. The number of thiophene rings is 1. The molecule has 3 rings (SSSR count). The molecule has 0 aliphatic carbocycles. The average molecular weight is 320 g/mol. The number of halogens is 2. The van der Waals surface area contributed by atoms with Gasteiger partial charge >= 0.3 is 0 Å². The second-order valence-electron chi connectivity index (χ2n) is 4.65. The van der Waals surface area contributed by atoms with Crippen LogP contribution < -0.4 is 5.32 Å². The Labute approximate surface area is 128 Å². The van der Waals surface area contributed by atoms with Crippen LogP contribution in [-0.4, -0.2) is 23.8 Å². The zero-order chi connectivity index (χ0) is 15.9. The summed E-state index contributed by atoms with van der Waals surface area (Å²) in [5.74, 6) is -2.96. The normalized spacial score (nSPS) is 15.0. The maximum atomic E-state index is 13.3. The molecule has 0 atom stereocenters. The highest BCUT2D eigenvalue weighted by molar-refractivity contribution is 7.11. The summed E-state index contributed by atoms with van der Waals surface area (Å²) in [7, 11) is 1.37. The molecule has 0 unspecified atom stereocenters. The van der Waals surface area contributed by atoms with Gasteiger partial charge in [0, 0.05) is 23.7 Å². The Balaban J connectivity index is 2.06. The lowest BCUT2D eigenvalue weighted by Crippen LogP contribution is -2.27. The van der Waals surface area contributed by atoms with Crippen molar-refractivity contribution in [2.24, 2.45) is 0 Å². The molecule has 1 aromatic carbocycles. The van der Waals surface area contributed by atoms with E-state index >= 15 is 0 Å². The highest BCUT2D eigenvalue weighted by atomic mass is 32.1. The molecule has 7 heteroatoms. The van der Waals surface area contributed by atoms with E-state index < -0.39 is 23.4 Å². The average Bonchev–Trinajstić information content (AvgIpc) is 3.08. The summed E-state index contributed by atoms with van der Waals surface area (Å²) in [6, 6.07) is 6.67. The Hall–Kier alpha value is -2.54. The Morgan fingerprint density at radius 1 is 1.09 bits per heavy atom. The quantitative estimate of drug-likeness (QED) is 0.885. The number of hydrogen-bond acceptors (Lipinski definition) is 4. The lowest BCUT2D eigenvalue weighted by molar-refractivity contribution is -0.135. The van der Waals surface area contributed by atoms with Crippen molar-refractivity contribution < 1.29 is 18.4 Å². The van der Waals surface area contributed by atoms with E-state index in [1.54, 1.807) is 17.5 Å². The van der Waals surface area contributed by atoms with Gasteiger partial charge in [-0.25, -0.2) is 8.78 Å². The van der Waals surface area contributed by atoms with E-state index in [-0.39, 0.29) is 17.0 Å². The molecule has 1 aliphatic heterocycles. The van der Waals surface area contributed by atoms with Gasteiger partial charge in [-0.2, -0.15) is 0 Å². The molecular formula is C15H10F2N2O2S. The number of carbonyl (C=O) groups is 2. The molecule has 2 aromatic rings. The Morgan fingerprint density at radius 3 is 2.50 bits per heavy atom. The van der Waals surface area contributed by atoms with Crippen LogP contribution >= 0.6 is 11.3 Å².